The van der Waals surface area contributed by atoms with Crippen molar-refractivity contribution in [3.8, 4) is 0 Å². The zero-order chi connectivity index (χ0) is 15.6. The summed E-state index contributed by atoms with van der Waals surface area (Å²) in [6.45, 7) is 3.96. The van der Waals surface area contributed by atoms with Gasteiger partial charge in [-0.3, -0.25) is 9.59 Å². The molecule has 1 aromatic carbocycles. The summed E-state index contributed by atoms with van der Waals surface area (Å²) >= 11 is 7.22. The van der Waals surface area contributed by atoms with Gasteiger partial charge in [-0.15, -0.1) is 11.3 Å². The van der Waals surface area contributed by atoms with Gasteiger partial charge >= 0.3 is 0 Å². The Kier molecular flexibility index (Phi) is 4.69. The van der Waals surface area contributed by atoms with Crippen molar-refractivity contribution in [2.24, 2.45) is 0 Å². The van der Waals surface area contributed by atoms with Crippen LogP contribution in [0.25, 0.3) is 10.1 Å². The molecule has 21 heavy (non-hydrogen) atoms. The Bertz CT molecular complexity index is 699. The number of hydrogen-bond donors (Lipinski definition) is 3. The van der Waals surface area contributed by atoms with Crippen LogP contribution < -0.4 is 16.4 Å². The summed E-state index contributed by atoms with van der Waals surface area (Å²) in [5.74, 6) is -0.586. The van der Waals surface area contributed by atoms with E-state index in [4.69, 9.17) is 17.3 Å². The molecular weight excluding hydrogens is 310 g/mol. The highest BCUT2D eigenvalue weighted by atomic mass is 35.5. The summed E-state index contributed by atoms with van der Waals surface area (Å²) in [6, 6.07) is 4.68. The fourth-order valence-electron chi connectivity index (χ4n) is 1.91. The molecule has 0 saturated carbocycles. The van der Waals surface area contributed by atoms with Crippen LogP contribution >= 0.6 is 22.9 Å². The molecule has 2 rings (SSSR count). The van der Waals surface area contributed by atoms with Gasteiger partial charge in [-0.1, -0.05) is 11.6 Å². The maximum absolute atomic E-state index is 12.2. The summed E-state index contributed by atoms with van der Waals surface area (Å²) in [4.78, 5) is 24.3. The third-order valence-corrected chi connectivity index (χ3v) is 4.41. The normalized spacial score (nSPS) is 12.1. The lowest BCUT2D eigenvalue weighted by atomic mass is 10.2. The molecule has 1 aromatic heterocycles. The summed E-state index contributed by atoms with van der Waals surface area (Å²) < 4.78 is 0.882. The van der Waals surface area contributed by atoms with E-state index >= 15 is 0 Å². The fourth-order valence-corrected chi connectivity index (χ4v) is 3.09. The van der Waals surface area contributed by atoms with E-state index in [0.29, 0.717) is 22.1 Å². The number of fused-ring (bicyclic) bond motifs is 1. The van der Waals surface area contributed by atoms with Crippen molar-refractivity contribution in [2.75, 3.05) is 12.3 Å². The van der Waals surface area contributed by atoms with Crippen LogP contribution in [-0.2, 0) is 4.79 Å². The number of carbonyl (C=O) groups excluding carboxylic acids is 2. The first-order valence-electron chi connectivity index (χ1n) is 6.50. The molecule has 4 N–H and O–H groups in total. The van der Waals surface area contributed by atoms with Crippen molar-refractivity contribution < 1.29 is 9.59 Å². The second kappa shape index (κ2) is 6.32. The zero-order valence-corrected chi connectivity index (χ0v) is 13.3. The molecule has 0 fully saturated rings. The Morgan fingerprint density at radius 3 is 2.81 bits per heavy atom. The summed E-state index contributed by atoms with van der Waals surface area (Å²) in [5, 5.41) is 6.61. The van der Waals surface area contributed by atoms with Crippen LogP contribution in [0.1, 0.15) is 23.5 Å². The molecule has 0 radical (unpaired) electrons. The van der Waals surface area contributed by atoms with Gasteiger partial charge < -0.3 is 16.4 Å². The second-order valence-corrected chi connectivity index (χ2v) is 6.06. The van der Waals surface area contributed by atoms with Gasteiger partial charge in [0.25, 0.3) is 5.91 Å². The lowest BCUT2D eigenvalue weighted by Crippen LogP contribution is -2.44. The van der Waals surface area contributed by atoms with Crippen molar-refractivity contribution in [2.45, 2.75) is 19.9 Å². The minimum Gasteiger partial charge on any atom is -0.397 e. The molecular formula is C14H16ClN3O2S. The Balaban J connectivity index is 2.24. The molecule has 5 nitrogen and oxygen atoms in total. The van der Waals surface area contributed by atoms with Crippen molar-refractivity contribution in [3.05, 3.63) is 28.1 Å². The van der Waals surface area contributed by atoms with E-state index in [1.807, 2.05) is 13.0 Å². The molecule has 7 heteroatoms. The number of carbonyl (C=O) groups is 2. The van der Waals surface area contributed by atoms with E-state index < -0.39 is 6.04 Å². The molecule has 0 aliphatic carbocycles. The molecule has 0 spiro atoms. The Morgan fingerprint density at radius 1 is 1.43 bits per heavy atom. The van der Waals surface area contributed by atoms with Crippen LogP contribution in [0.4, 0.5) is 5.69 Å². The minimum absolute atomic E-state index is 0.228. The average Bonchev–Trinajstić information content (AvgIpc) is 2.76. The van der Waals surface area contributed by atoms with E-state index in [9.17, 15) is 9.59 Å². The predicted molar refractivity (Wildman–Crippen MR) is 86.9 cm³/mol. The number of nitrogen functional groups attached to an aromatic ring is 1. The van der Waals surface area contributed by atoms with Crippen LogP contribution in [0.3, 0.4) is 0 Å². The van der Waals surface area contributed by atoms with Gasteiger partial charge in [-0.25, -0.2) is 0 Å². The number of nitrogens with one attached hydrogen (secondary N) is 2. The molecule has 112 valence electrons. The first-order valence-corrected chi connectivity index (χ1v) is 7.69. The quantitative estimate of drug-likeness (QED) is 0.807. The predicted octanol–water partition coefficient (Wildman–Crippen LogP) is 2.39. The molecule has 2 amide bonds. The smallest absolute Gasteiger partial charge is 0.264 e. The third-order valence-electron chi connectivity index (χ3n) is 2.99. The van der Waals surface area contributed by atoms with Gasteiger partial charge in [0.1, 0.15) is 10.9 Å². The lowest BCUT2D eigenvalue weighted by Gasteiger charge is -2.12. The Hall–Kier alpha value is -1.79. The van der Waals surface area contributed by atoms with Crippen molar-refractivity contribution >= 4 is 50.5 Å². The SMILES string of the molecule is CCNC(=O)C(C)NC(=O)c1sc2ccc(Cl)cc2c1N. The topological polar surface area (TPSA) is 84.2 Å². The standard InChI is InChI=1S/C14H16ClN3O2S/c1-3-17-13(19)7(2)18-14(20)12-11(16)9-6-8(15)4-5-10(9)21-12/h4-7H,3,16H2,1-2H3,(H,17,19)(H,18,20). The van der Waals surface area contributed by atoms with Gasteiger partial charge in [-0.05, 0) is 32.0 Å². The molecule has 0 bridgehead atoms. The highest BCUT2D eigenvalue weighted by Crippen LogP contribution is 2.35. The highest BCUT2D eigenvalue weighted by molar-refractivity contribution is 7.21. The van der Waals surface area contributed by atoms with Crippen molar-refractivity contribution in [1.82, 2.24) is 10.6 Å². The van der Waals surface area contributed by atoms with Crippen LogP contribution in [0.2, 0.25) is 5.02 Å². The van der Waals surface area contributed by atoms with Crippen LogP contribution in [0.15, 0.2) is 18.2 Å². The van der Waals surface area contributed by atoms with E-state index in [1.54, 1.807) is 19.1 Å². The van der Waals surface area contributed by atoms with Crippen LogP contribution in [0, 0.1) is 0 Å². The number of amides is 2. The number of hydrogen-bond acceptors (Lipinski definition) is 4. The maximum Gasteiger partial charge on any atom is 0.264 e. The van der Waals surface area contributed by atoms with Crippen LogP contribution in [-0.4, -0.2) is 24.4 Å². The molecule has 0 aliphatic heterocycles. The number of rotatable bonds is 4. The van der Waals surface area contributed by atoms with Crippen molar-refractivity contribution in [3.63, 3.8) is 0 Å². The van der Waals surface area contributed by atoms with Gasteiger partial charge in [-0.2, -0.15) is 0 Å². The molecule has 1 heterocycles. The molecule has 0 saturated heterocycles. The molecule has 1 atom stereocenters. The average molecular weight is 326 g/mol. The van der Waals surface area contributed by atoms with Gasteiger partial charge in [0.2, 0.25) is 5.91 Å². The number of nitrogens with two attached hydrogens (primary N) is 1. The van der Waals surface area contributed by atoms with E-state index in [2.05, 4.69) is 10.6 Å². The summed E-state index contributed by atoms with van der Waals surface area (Å²) in [6.07, 6.45) is 0. The summed E-state index contributed by atoms with van der Waals surface area (Å²) in [7, 11) is 0. The summed E-state index contributed by atoms with van der Waals surface area (Å²) in [5.41, 5.74) is 6.40. The fraction of sp³-hybridized carbons (Fsp3) is 0.286. The lowest BCUT2D eigenvalue weighted by molar-refractivity contribution is -0.122. The van der Waals surface area contributed by atoms with Crippen molar-refractivity contribution in [1.29, 1.82) is 0 Å². The number of anilines is 1. The Morgan fingerprint density at radius 2 is 2.14 bits per heavy atom. The van der Waals surface area contributed by atoms with Crippen LogP contribution in [0.5, 0.6) is 0 Å². The zero-order valence-electron chi connectivity index (χ0n) is 11.7. The second-order valence-electron chi connectivity index (χ2n) is 4.58. The monoisotopic (exact) mass is 325 g/mol. The van der Waals surface area contributed by atoms with Gasteiger partial charge in [0.05, 0.1) is 5.69 Å². The minimum atomic E-state index is -0.620. The third kappa shape index (κ3) is 3.28. The highest BCUT2D eigenvalue weighted by Gasteiger charge is 2.20. The van der Waals surface area contributed by atoms with E-state index in [0.717, 1.165) is 10.1 Å². The molecule has 0 aliphatic rings. The number of likely N-dealkylation sites (N-methyl/N-ethyl adjacent to an activating group) is 1. The maximum atomic E-state index is 12.2. The van der Waals surface area contributed by atoms with E-state index in [-0.39, 0.29) is 11.8 Å². The largest absolute Gasteiger partial charge is 0.397 e. The first-order chi connectivity index (χ1) is 9.93. The van der Waals surface area contributed by atoms with E-state index in [1.165, 1.54) is 11.3 Å². The number of thiophene rings is 1. The Labute approximate surface area is 131 Å². The number of benzene rings is 1. The number of halogens is 1. The molecule has 2 aromatic rings. The first kappa shape index (κ1) is 15.6. The molecule has 1 unspecified atom stereocenters. The van der Waals surface area contributed by atoms with Gasteiger partial charge in [0, 0.05) is 21.7 Å². The van der Waals surface area contributed by atoms with Gasteiger partial charge in [0.15, 0.2) is 0 Å².